The molecule has 1 atom stereocenters. The lowest BCUT2D eigenvalue weighted by molar-refractivity contribution is -0.149. The monoisotopic (exact) mass is 446 g/mol. The Morgan fingerprint density at radius 3 is 2.72 bits per heavy atom. The van der Waals surface area contributed by atoms with Gasteiger partial charge in [0, 0.05) is 38.5 Å². The number of nitrogens with zero attached hydrogens (tertiary/aromatic N) is 2. The zero-order valence-corrected chi connectivity index (χ0v) is 18.5. The molecule has 1 saturated heterocycles. The molecular formula is C23H34N4O5. The fraction of sp³-hybridized carbons (Fsp3) is 0.609. The molecule has 2 heterocycles. The largest absolute Gasteiger partial charge is 0.463 e. The summed E-state index contributed by atoms with van der Waals surface area (Å²) in [6, 6.07) is 3.36. The Morgan fingerprint density at radius 2 is 2.03 bits per heavy atom. The number of rotatable bonds is 10. The molecule has 1 aliphatic carbocycles. The molecule has 3 N–H and O–H groups in total. The summed E-state index contributed by atoms with van der Waals surface area (Å²) in [5.74, 6) is -0.500. The molecule has 3 rings (SSSR count). The molecule has 0 radical (unpaired) electrons. The summed E-state index contributed by atoms with van der Waals surface area (Å²) in [7, 11) is 0. The second-order valence-electron chi connectivity index (χ2n) is 8.28. The molecule has 1 aromatic rings. The first kappa shape index (κ1) is 24.3. The van der Waals surface area contributed by atoms with Crippen LogP contribution in [0.5, 0.6) is 0 Å². The van der Waals surface area contributed by atoms with Gasteiger partial charge >= 0.3 is 5.97 Å². The maximum Gasteiger partial charge on any atom is 0.323 e. The molecule has 176 valence electrons. The fourth-order valence-electron chi connectivity index (χ4n) is 4.17. The molecule has 9 nitrogen and oxygen atoms in total. The van der Waals surface area contributed by atoms with Gasteiger partial charge in [-0.1, -0.05) is 25.3 Å². The number of nitrogens with one attached hydrogen (secondary N) is 2. The minimum atomic E-state index is -0.611. The first-order valence-corrected chi connectivity index (χ1v) is 11.4. The van der Waals surface area contributed by atoms with Crippen molar-refractivity contribution in [3.05, 3.63) is 35.7 Å². The summed E-state index contributed by atoms with van der Waals surface area (Å²) in [6.45, 7) is 4.87. The van der Waals surface area contributed by atoms with E-state index in [-0.39, 0.29) is 17.9 Å². The molecular weight excluding hydrogens is 412 g/mol. The van der Waals surface area contributed by atoms with Crippen LogP contribution in [-0.2, 0) is 25.6 Å². The van der Waals surface area contributed by atoms with E-state index in [4.69, 9.17) is 14.7 Å². The molecule has 0 spiro atoms. The highest BCUT2D eigenvalue weighted by Crippen LogP contribution is 2.27. The minimum Gasteiger partial charge on any atom is -0.463 e. The van der Waals surface area contributed by atoms with Gasteiger partial charge in [-0.25, -0.2) is 5.48 Å². The highest BCUT2D eigenvalue weighted by atomic mass is 16.5. The van der Waals surface area contributed by atoms with Gasteiger partial charge in [0.05, 0.1) is 18.9 Å². The van der Waals surface area contributed by atoms with E-state index in [0.717, 1.165) is 64.1 Å². The second kappa shape index (κ2) is 13.3. The summed E-state index contributed by atoms with van der Waals surface area (Å²) >= 11 is 0. The van der Waals surface area contributed by atoms with Crippen LogP contribution in [0.1, 0.15) is 43.4 Å². The van der Waals surface area contributed by atoms with E-state index in [1.165, 1.54) is 24.1 Å². The van der Waals surface area contributed by atoms with E-state index in [9.17, 15) is 9.59 Å². The van der Waals surface area contributed by atoms with Crippen molar-refractivity contribution < 1.29 is 24.3 Å². The molecule has 1 saturated carbocycles. The van der Waals surface area contributed by atoms with Crippen LogP contribution in [0.25, 0.3) is 6.08 Å². The smallest absolute Gasteiger partial charge is 0.323 e. The van der Waals surface area contributed by atoms with Gasteiger partial charge < -0.3 is 14.8 Å². The zero-order valence-electron chi connectivity index (χ0n) is 18.5. The standard InChI is InChI=1S/C23H34N4O5/c28-21(26-30)9-8-20-7-6-18(16-24-20)17-25-22(19-4-2-1-3-5-19)23(29)32-15-12-27-10-13-31-14-11-27/h6-9,16,19,22,25,30H,1-5,10-15,17H2,(H,26,28)/b9-8+/t22-/m0/s1. The summed E-state index contributed by atoms with van der Waals surface area (Å²) in [5.41, 5.74) is 3.08. The van der Waals surface area contributed by atoms with Crippen LogP contribution in [0.4, 0.5) is 0 Å². The third-order valence-electron chi connectivity index (χ3n) is 6.02. The Bertz CT molecular complexity index is 743. The predicted molar refractivity (Wildman–Crippen MR) is 119 cm³/mol. The lowest BCUT2D eigenvalue weighted by Gasteiger charge is -2.30. The summed E-state index contributed by atoms with van der Waals surface area (Å²) in [6.07, 6.45) is 10.0. The topological polar surface area (TPSA) is 113 Å². The molecule has 0 unspecified atom stereocenters. The molecule has 2 aliphatic rings. The molecule has 9 heteroatoms. The highest BCUT2D eigenvalue weighted by Gasteiger charge is 2.30. The number of hydrogen-bond acceptors (Lipinski definition) is 8. The van der Waals surface area contributed by atoms with Crippen molar-refractivity contribution >= 4 is 18.0 Å². The Morgan fingerprint density at radius 1 is 1.25 bits per heavy atom. The van der Waals surface area contributed by atoms with Gasteiger partial charge in [-0.05, 0) is 36.5 Å². The van der Waals surface area contributed by atoms with Gasteiger partial charge in [0.2, 0.25) is 0 Å². The molecule has 1 aromatic heterocycles. The zero-order chi connectivity index (χ0) is 22.6. The fourth-order valence-corrected chi connectivity index (χ4v) is 4.17. The molecule has 32 heavy (non-hydrogen) atoms. The van der Waals surface area contributed by atoms with Crippen molar-refractivity contribution in [1.29, 1.82) is 0 Å². The summed E-state index contributed by atoms with van der Waals surface area (Å²) in [4.78, 5) is 30.6. The number of pyridine rings is 1. The Labute approximate surface area is 189 Å². The Kier molecular flexibility index (Phi) is 10.1. The first-order chi connectivity index (χ1) is 15.7. The third kappa shape index (κ3) is 7.98. The van der Waals surface area contributed by atoms with E-state index in [0.29, 0.717) is 18.8 Å². The van der Waals surface area contributed by atoms with Crippen LogP contribution in [0.2, 0.25) is 0 Å². The number of carbonyl (C=O) groups is 2. The highest BCUT2D eigenvalue weighted by molar-refractivity contribution is 5.90. The van der Waals surface area contributed by atoms with Crippen molar-refractivity contribution in [2.24, 2.45) is 5.92 Å². The number of aromatic nitrogens is 1. The van der Waals surface area contributed by atoms with Crippen LogP contribution >= 0.6 is 0 Å². The molecule has 1 amide bonds. The van der Waals surface area contributed by atoms with Crippen molar-refractivity contribution in [3.63, 3.8) is 0 Å². The number of carbonyl (C=O) groups excluding carboxylic acids is 2. The normalized spacial score (nSPS) is 19.0. The van der Waals surface area contributed by atoms with Gasteiger partial charge in [-0.3, -0.25) is 24.7 Å². The van der Waals surface area contributed by atoms with Crippen LogP contribution < -0.4 is 10.8 Å². The Hall–Kier alpha value is -2.33. The lowest BCUT2D eigenvalue weighted by Crippen LogP contribution is -2.45. The maximum absolute atomic E-state index is 12.9. The van der Waals surface area contributed by atoms with Crippen LogP contribution in [0, 0.1) is 5.92 Å². The first-order valence-electron chi connectivity index (χ1n) is 11.4. The third-order valence-corrected chi connectivity index (χ3v) is 6.02. The van der Waals surface area contributed by atoms with Crippen molar-refractivity contribution in [1.82, 2.24) is 20.7 Å². The predicted octanol–water partition coefficient (Wildman–Crippen LogP) is 1.51. The van der Waals surface area contributed by atoms with Gasteiger partial charge in [-0.15, -0.1) is 0 Å². The van der Waals surface area contributed by atoms with Crippen LogP contribution in [-0.4, -0.2) is 72.5 Å². The molecule has 1 aliphatic heterocycles. The number of hydroxylamine groups is 1. The SMILES string of the molecule is O=C(/C=C/c1ccc(CN[C@H](C(=O)OCCN2CCOCC2)C2CCCCC2)cn1)NO. The van der Waals surface area contributed by atoms with Gasteiger partial charge in [0.25, 0.3) is 5.91 Å². The maximum atomic E-state index is 12.9. The number of esters is 1. The molecule has 2 fully saturated rings. The average Bonchev–Trinajstić information content (AvgIpc) is 2.84. The summed E-state index contributed by atoms with van der Waals surface area (Å²) < 4.78 is 11.0. The van der Waals surface area contributed by atoms with Crippen LogP contribution in [0.15, 0.2) is 24.4 Å². The molecule has 0 bridgehead atoms. The van der Waals surface area contributed by atoms with Gasteiger partial charge in [-0.2, -0.15) is 0 Å². The second-order valence-corrected chi connectivity index (χ2v) is 8.28. The van der Waals surface area contributed by atoms with Gasteiger partial charge in [0.15, 0.2) is 0 Å². The van der Waals surface area contributed by atoms with Crippen molar-refractivity contribution in [2.45, 2.75) is 44.7 Å². The lowest BCUT2D eigenvalue weighted by atomic mass is 9.84. The van der Waals surface area contributed by atoms with Gasteiger partial charge in [0.1, 0.15) is 12.6 Å². The Balaban J connectivity index is 1.52. The van der Waals surface area contributed by atoms with E-state index < -0.39 is 5.91 Å². The number of hydrogen-bond donors (Lipinski definition) is 3. The van der Waals surface area contributed by atoms with E-state index >= 15 is 0 Å². The van der Waals surface area contributed by atoms with Crippen molar-refractivity contribution in [2.75, 3.05) is 39.5 Å². The quantitative estimate of drug-likeness (QED) is 0.215. The number of amides is 1. The van der Waals surface area contributed by atoms with E-state index in [1.54, 1.807) is 12.3 Å². The number of morpholine rings is 1. The average molecular weight is 447 g/mol. The van der Waals surface area contributed by atoms with Crippen molar-refractivity contribution in [3.8, 4) is 0 Å². The molecule has 0 aromatic carbocycles. The van der Waals surface area contributed by atoms with Crippen LogP contribution in [0.3, 0.4) is 0 Å². The van der Waals surface area contributed by atoms with E-state index in [1.807, 2.05) is 6.07 Å². The van der Waals surface area contributed by atoms with E-state index in [2.05, 4.69) is 15.2 Å². The number of ether oxygens (including phenoxy) is 2. The minimum absolute atomic E-state index is 0.173. The summed E-state index contributed by atoms with van der Waals surface area (Å²) in [5, 5.41) is 11.9.